The zero-order chi connectivity index (χ0) is 16.2. The third-order valence-corrected chi connectivity index (χ3v) is 3.86. The maximum Gasteiger partial charge on any atom is 0.251 e. The summed E-state index contributed by atoms with van der Waals surface area (Å²) in [5.74, 6) is -0.184. The molecule has 0 aromatic heterocycles. The first-order valence-electron chi connectivity index (χ1n) is 7.73. The molecule has 1 fully saturated rings. The highest BCUT2D eigenvalue weighted by Gasteiger charge is 2.25. The van der Waals surface area contributed by atoms with Crippen LogP contribution in [0, 0.1) is 0 Å². The molecule has 1 aliphatic rings. The van der Waals surface area contributed by atoms with Gasteiger partial charge in [0.1, 0.15) is 0 Å². The number of amides is 1. The van der Waals surface area contributed by atoms with E-state index in [1.165, 1.54) is 0 Å². The molecule has 122 valence electrons. The molecule has 5 nitrogen and oxygen atoms in total. The molecule has 1 heterocycles. The summed E-state index contributed by atoms with van der Waals surface area (Å²) >= 11 is 0. The smallest absolute Gasteiger partial charge is 0.251 e. The number of hydrogen-bond donors (Lipinski definition) is 3. The van der Waals surface area contributed by atoms with Crippen LogP contribution in [0.15, 0.2) is 24.3 Å². The molecule has 1 amide bonds. The van der Waals surface area contributed by atoms with Crippen molar-refractivity contribution in [1.29, 1.82) is 0 Å². The van der Waals surface area contributed by atoms with Crippen LogP contribution in [0.5, 0.6) is 0 Å². The van der Waals surface area contributed by atoms with Crippen molar-refractivity contribution in [1.82, 2.24) is 5.32 Å². The average molecular weight is 307 g/mol. The number of nitrogens with one attached hydrogen (secondary N) is 1. The third-order valence-electron chi connectivity index (χ3n) is 3.86. The number of benzene rings is 1. The van der Waals surface area contributed by atoms with Crippen LogP contribution < -0.4 is 5.32 Å². The predicted molar refractivity (Wildman–Crippen MR) is 83.8 cm³/mol. The summed E-state index contributed by atoms with van der Waals surface area (Å²) in [5.41, 5.74) is 0.874. The molecule has 1 saturated heterocycles. The lowest BCUT2D eigenvalue weighted by atomic mass is 9.97. The second-order valence-electron chi connectivity index (χ2n) is 6.52. The van der Waals surface area contributed by atoms with Crippen LogP contribution in [-0.2, 0) is 11.2 Å². The molecule has 0 unspecified atom stereocenters. The summed E-state index contributed by atoms with van der Waals surface area (Å²) in [6.45, 7) is 4.36. The highest BCUT2D eigenvalue weighted by molar-refractivity contribution is 5.94. The van der Waals surface area contributed by atoms with Gasteiger partial charge < -0.3 is 20.3 Å². The van der Waals surface area contributed by atoms with Gasteiger partial charge in [0.2, 0.25) is 0 Å². The van der Waals surface area contributed by atoms with E-state index in [4.69, 9.17) is 4.74 Å². The topological polar surface area (TPSA) is 78.8 Å². The normalized spacial score (nSPS) is 22.4. The number of carbonyl (C=O) groups is 1. The number of rotatable bonds is 5. The molecule has 22 heavy (non-hydrogen) atoms. The van der Waals surface area contributed by atoms with Crippen LogP contribution in [-0.4, -0.2) is 47.1 Å². The number of ether oxygens (including phenoxy) is 1. The highest BCUT2D eigenvalue weighted by atomic mass is 16.5. The zero-order valence-corrected chi connectivity index (χ0v) is 13.2. The Morgan fingerprint density at radius 1 is 1.45 bits per heavy atom. The van der Waals surface area contributed by atoms with Gasteiger partial charge >= 0.3 is 0 Å². The van der Waals surface area contributed by atoms with Crippen LogP contribution in [0.25, 0.3) is 0 Å². The van der Waals surface area contributed by atoms with Crippen molar-refractivity contribution in [2.24, 2.45) is 0 Å². The minimum Gasteiger partial charge on any atom is -0.390 e. The van der Waals surface area contributed by atoms with E-state index < -0.39 is 11.7 Å². The summed E-state index contributed by atoms with van der Waals surface area (Å²) in [6.07, 6.45) is 1.31. The van der Waals surface area contributed by atoms with E-state index in [0.717, 1.165) is 5.56 Å². The van der Waals surface area contributed by atoms with Gasteiger partial charge in [0.25, 0.3) is 5.91 Å². The van der Waals surface area contributed by atoms with Gasteiger partial charge in [-0.3, -0.25) is 4.79 Å². The molecule has 0 saturated carbocycles. The quantitative estimate of drug-likeness (QED) is 0.765. The highest BCUT2D eigenvalue weighted by Crippen LogP contribution is 2.15. The second kappa shape index (κ2) is 7.22. The van der Waals surface area contributed by atoms with E-state index in [0.29, 0.717) is 31.4 Å². The van der Waals surface area contributed by atoms with Crippen LogP contribution in [0.3, 0.4) is 0 Å². The first-order chi connectivity index (χ1) is 10.3. The Kier molecular flexibility index (Phi) is 5.56. The monoisotopic (exact) mass is 307 g/mol. The maximum atomic E-state index is 12.3. The molecule has 2 atom stereocenters. The van der Waals surface area contributed by atoms with Gasteiger partial charge in [0.05, 0.1) is 24.4 Å². The van der Waals surface area contributed by atoms with E-state index >= 15 is 0 Å². The van der Waals surface area contributed by atoms with E-state index in [-0.39, 0.29) is 18.6 Å². The SMILES string of the molecule is CC(C)(O)CCc1cccc(C(=O)N[C@@H]2CCOC[C@H]2O)c1. The lowest BCUT2D eigenvalue weighted by Crippen LogP contribution is -2.48. The Morgan fingerprint density at radius 2 is 2.23 bits per heavy atom. The summed E-state index contributed by atoms with van der Waals surface area (Å²) in [5, 5.41) is 22.5. The number of aliphatic hydroxyl groups excluding tert-OH is 1. The Hall–Kier alpha value is -1.43. The number of aliphatic hydroxyl groups is 2. The first kappa shape index (κ1) is 16.9. The van der Waals surface area contributed by atoms with Crippen molar-refractivity contribution in [2.45, 2.75) is 50.9 Å². The van der Waals surface area contributed by atoms with Gasteiger partial charge in [-0.05, 0) is 50.8 Å². The lowest BCUT2D eigenvalue weighted by Gasteiger charge is -2.28. The molecule has 0 bridgehead atoms. The Bertz CT molecular complexity index is 510. The fraction of sp³-hybridized carbons (Fsp3) is 0.588. The van der Waals surface area contributed by atoms with Gasteiger partial charge in [0, 0.05) is 12.2 Å². The largest absolute Gasteiger partial charge is 0.390 e. The Labute approximate surface area is 131 Å². The predicted octanol–water partition coefficient (Wildman–Crippen LogP) is 1.27. The fourth-order valence-corrected chi connectivity index (χ4v) is 2.46. The van der Waals surface area contributed by atoms with Crippen molar-refractivity contribution in [3.63, 3.8) is 0 Å². The first-order valence-corrected chi connectivity index (χ1v) is 7.73. The molecule has 0 radical (unpaired) electrons. The molecule has 0 spiro atoms. The van der Waals surface area contributed by atoms with Crippen molar-refractivity contribution >= 4 is 5.91 Å². The van der Waals surface area contributed by atoms with Crippen LogP contribution in [0.2, 0.25) is 0 Å². The van der Waals surface area contributed by atoms with Crippen molar-refractivity contribution in [3.8, 4) is 0 Å². The van der Waals surface area contributed by atoms with Gasteiger partial charge in [-0.25, -0.2) is 0 Å². The van der Waals surface area contributed by atoms with Crippen LogP contribution >= 0.6 is 0 Å². The van der Waals surface area contributed by atoms with Crippen molar-refractivity contribution in [2.75, 3.05) is 13.2 Å². The van der Waals surface area contributed by atoms with Crippen LogP contribution in [0.4, 0.5) is 0 Å². The van der Waals surface area contributed by atoms with E-state index in [2.05, 4.69) is 5.32 Å². The molecule has 1 aromatic rings. The van der Waals surface area contributed by atoms with E-state index in [9.17, 15) is 15.0 Å². The molecule has 5 heteroatoms. The minimum atomic E-state index is -0.718. The standard InChI is InChI=1S/C17H25NO4/c1-17(2,21)8-6-12-4-3-5-13(10-12)16(20)18-14-7-9-22-11-15(14)19/h3-5,10,14-15,19,21H,6-9,11H2,1-2H3,(H,18,20)/t14-,15-/m1/s1. The molecule has 2 rings (SSSR count). The Balaban J connectivity index is 1.97. The number of hydrogen-bond acceptors (Lipinski definition) is 4. The van der Waals surface area contributed by atoms with Gasteiger partial charge in [-0.2, -0.15) is 0 Å². The lowest BCUT2D eigenvalue weighted by molar-refractivity contribution is -0.0260. The zero-order valence-electron chi connectivity index (χ0n) is 13.2. The summed E-state index contributed by atoms with van der Waals surface area (Å²) < 4.78 is 5.16. The molecular formula is C17H25NO4. The van der Waals surface area contributed by atoms with Gasteiger partial charge in [-0.1, -0.05) is 12.1 Å². The van der Waals surface area contributed by atoms with Crippen molar-refractivity contribution < 1.29 is 19.7 Å². The molecular weight excluding hydrogens is 282 g/mol. The van der Waals surface area contributed by atoms with Crippen LogP contribution in [0.1, 0.15) is 42.6 Å². The third kappa shape index (κ3) is 5.09. The average Bonchev–Trinajstić information content (AvgIpc) is 2.47. The summed E-state index contributed by atoms with van der Waals surface area (Å²) in [4.78, 5) is 12.3. The van der Waals surface area contributed by atoms with Crippen molar-refractivity contribution in [3.05, 3.63) is 35.4 Å². The number of carbonyl (C=O) groups excluding carboxylic acids is 1. The molecule has 1 aromatic carbocycles. The maximum absolute atomic E-state index is 12.3. The fourth-order valence-electron chi connectivity index (χ4n) is 2.46. The minimum absolute atomic E-state index is 0.184. The van der Waals surface area contributed by atoms with E-state index in [1.54, 1.807) is 19.9 Å². The van der Waals surface area contributed by atoms with E-state index in [1.807, 2.05) is 18.2 Å². The summed E-state index contributed by atoms with van der Waals surface area (Å²) in [7, 11) is 0. The second-order valence-corrected chi connectivity index (χ2v) is 6.52. The summed E-state index contributed by atoms with van der Waals surface area (Å²) in [6, 6.07) is 7.13. The van der Waals surface area contributed by atoms with Gasteiger partial charge in [0.15, 0.2) is 0 Å². The molecule has 3 N–H and O–H groups in total. The number of aryl methyl sites for hydroxylation is 1. The van der Waals surface area contributed by atoms with Gasteiger partial charge in [-0.15, -0.1) is 0 Å². The molecule has 0 aliphatic carbocycles. The Morgan fingerprint density at radius 3 is 2.91 bits per heavy atom. The molecule has 1 aliphatic heterocycles.